The number of ether oxygens (including phenoxy) is 2. The molecule has 1 heterocycles. The highest BCUT2D eigenvalue weighted by Crippen LogP contribution is 2.21. The fourth-order valence-electron chi connectivity index (χ4n) is 2.59. The minimum atomic E-state index is -0.332. The summed E-state index contributed by atoms with van der Waals surface area (Å²) in [5.74, 6) is 1.90. The number of para-hydroxylation sites is 1. The summed E-state index contributed by atoms with van der Waals surface area (Å²) >= 11 is 0. The lowest BCUT2D eigenvalue weighted by Gasteiger charge is -2.09. The molecular weight excluding hydrogens is 342 g/mol. The van der Waals surface area contributed by atoms with Crippen LogP contribution in [-0.4, -0.2) is 13.0 Å². The first-order valence-electron chi connectivity index (χ1n) is 8.55. The number of hydrogen-bond donors (Lipinski definition) is 1. The minimum absolute atomic E-state index is 0.218. The number of hydrogen-bond acceptors (Lipinski definition) is 4. The molecule has 2 aromatic carbocycles. The molecule has 1 N–H and O–H groups in total. The van der Waals surface area contributed by atoms with E-state index in [4.69, 9.17) is 13.9 Å². The van der Waals surface area contributed by atoms with Gasteiger partial charge < -0.3 is 19.2 Å². The fraction of sp³-hybridized carbons (Fsp3) is 0.136. The van der Waals surface area contributed by atoms with Crippen molar-refractivity contribution < 1.29 is 18.7 Å². The van der Waals surface area contributed by atoms with Crippen molar-refractivity contribution in [1.29, 1.82) is 0 Å². The Morgan fingerprint density at radius 3 is 2.81 bits per heavy atom. The van der Waals surface area contributed by atoms with E-state index in [-0.39, 0.29) is 18.3 Å². The Hall–Kier alpha value is -3.47. The van der Waals surface area contributed by atoms with Crippen molar-refractivity contribution in [2.45, 2.75) is 13.0 Å². The summed E-state index contributed by atoms with van der Waals surface area (Å²) in [4.78, 5) is 12.3. The van der Waals surface area contributed by atoms with Gasteiger partial charge in [0, 0.05) is 11.8 Å². The molecule has 0 fully saturated rings. The number of rotatable bonds is 8. The average molecular weight is 363 g/mol. The summed E-state index contributed by atoms with van der Waals surface area (Å²) in [5, 5.41) is 2.78. The predicted octanol–water partition coefficient (Wildman–Crippen LogP) is 4.85. The van der Waals surface area contributed by atoms with Crippen LogP contribution in [0, 0.1) is 0 Å². The SMILES string of the molecule is C=CCc1ccccc1OCc1ccc(C(=O)Nc2cccc(OC)c2)o1. The molecule has 138 valence electrons. The summed E-state index contributed by atoms with van der Waals surface area (Å²) < 4.78 is 16.6. The molecule has 0 aliphatic rings. The number of benzene rings is 2. The van der Waals surface area contributed by atoms with Crippen LogP contribution in [0.25, 0.3) is 0 Å². The lowest BCUT2D eigenvalue weighted by molar-refractivity contribution is 0.0992. The lowest BCUT2D eigenvalue weighted by Crippen LogP contribution is -2.10. The van der Waals surface area contributed by atoms with Gasteiger partial charge in [0.15, 0.2) is 5.76 Å². The number of amides is 1. The average Bonchev–Trinajstić information content (AvgIpc) is 3.17. The van der Waals surface area contributed by atoms with E-state index < -0.39 is 0 Å². The zero-order valence-electron chi connectivity index (χ0n) is 15.1. The Labute approximate surface area is 158 Å². The van der Waals surface area contributed by atoms with Gasteiger partial charge in [-0.1, -0.05) is 30.3 Å². The number of carbonyl (C=O) groups excluding carboxylic acids is 1. The standard InChI is InChI=1S/C22H21NO4/c1-3-7-16-8-4-5-11-20(16)26-15-19-12-13-21(27-19)22(24)23-17-9-6-10-18(14-17)25-2/h3-6,8-14H,1,7,15H2,2H3,(H,23,24). The Kier molecular flexibility index (Phi) is 5.94. The molecule has 0 atom stereocenters. The second kappa shape index (κ2) is 8.76. The van der Waals surface area contributed by atoms with Crippen molar-refractivity contribution in [1.82, 2.24) is 0 Å². The van der Waals surface area contributed by atoms with Gasteiger partial charge in [-0.2, -0.15) is 0 Å². The van der Waals surface area contributed by atoms with Crippen LogP contribution < -0.4 is 14.8 Å². The lowest BCUT2D eigenvalue weighted by atomic mass is 10.1. The molecule has 0 bridgehead atoms. The van der Waals surface area contributed by atoms with Crippen LogP contribution in [0.4, 0.5) is 5.69 Å². The smallest absolute Gasteiger partial charge is 0.291 e. The number of furan rings is 1. The molecule has 27 heavy (non-hydrogen) atoms. The van der Waals surface area contributed by atoms with Gasteiger partial charge in [-0.05, 0) is 42.3 Å². The van der Waals surface area contributed by atoms with Gasteiger partial charge in [0.1, 0.15) is 23.9 Å². The van der Waals surface area contributed by atoms with E-state index in [1.165, 1.54) is 0 Å². The Morgan fingerprint density at radius 2 is 2.00 bits per heavy atom. The van der Waals surface area contributed by atoms with E-state index in [0.717, 1.165) is 17.7 Å². The highest BCUT2D eigenvalue weighted by molar-refractivity contribution is 6.02. The molecule has 1 aromatic heterocycles. The van der Waals surface area contributed by atoms with Gasteiger partial charge in [-0.3, -0.25) is 4.79 Å². The Bertz CT molecular complexity index is 929. The normalized spacial score (nSPS) is 10.3. The van der Waals surface area contributed by atoms with Gasteiger partial charge in [0.25, 0.3) is 5.91 Å². The van der Waals surface area contributed by atoms with Crippen LogP contribution in [0.1, 0.15) is 21.9 Å². The number of allylic oxidation sites excluding steroid dienone is 1. The number of nitrogens with one attached hydrogen (secondary N) is 1. The second-order valence-electron chi connectivity index (χ2n) is 5.84. The molecule has 0 spiro atoms. The first-order chi connectivity index (χ1) is 13.2. The first-order valence-corrected chi connectivity index (χ1v) is 8.55. The third-order valence-electron chi connectivity index (χ3n) is 3.92. The quantitative estimate of drug-likeness (QED) is 0.581. The van der Waals surface area contributed by atoms with Gasteiger partial charge in [-0.25, -0.2) is 0 Å². The third kappa shape index (κ3) is 4.79. The second-order valence-corrected chi connectivity index (χ2v) is 5.84. The maximum atomic E-state index is 12.3. The molecule has 0 aliphatic heterocycles. The summed E-state index contributed by atoms with van der Waals surface area (Å²) in [7, 11) is 1.58. The fourth-order valence-corrected chi connectivity index (χ4v) is 2.59. The van der Waals surface area contributed by atoms with Crippen LogP contribution in [0.2, 0.25) is 0 Å². The zero-order chi connectivity index (χ0) is 19.1. The van der Waals surface area contributed by atoms with Crippen molar-refractivity contribution in [2.24, 2.45) is 0 Å². The van der Waals surface area contributed by atoms with Gasteiger partial charge >= 0.3 is 0 Å². The zero-order valence-corrected chi connectivity index (χ0v) is 15.1. The maximum absolute atomic E-state index is 12.3. The summed E-state index contributed by atoms with van der Waals surface area (Å²) in [6.07, 6.45) is 2.55. The highest BCUT2D eigenvalue weighted by Gasteiger charge is 2.12. The van der Waals surface area contributed by atoms with E-state index in [1.807, 2.05) is 36.4 Å². The van der Waals surface area contributed by atoms with Gasteiger partial charge in [0.2, 0.25) is 0 Å². The molecule has 5 heteroatoms. The van der Waals surface area contributed by atoms with E-state index in [1.54, 1.807) is 37.4 Å². The molecule has 5 nitrogen and oxygen atoms in total. The van der Waals surface area contributed by atoms with E-state index in [9.17, 15) is 4.79 Å². The van der Waals surface area contributed by atoms with Crippen LogP contribution in [0.3, 0.4) is 0 Å². The molecular formula is C22H21NO4. The number of anilines is 1. The monoisotopic (exact) mass is 363 g/mol. The topological polar surface area (TPSA) is 60.7 Å². The summed E-state index contributed by atoms with van der Waals surface area (Å²) in [6.45, 7) is 3.99. The number of carbonyl (C=O) groups is 1. The molecule has 0 saturated heterocycles. The van der Waals surface area contributed by atoms with Crippen LogP contribution in [0.5, 0.6) is 11.5 Å². The van der Waals surface area contributed by atoms with Crippen molar-refractivity contribution >= 4 is 11.6 Å². The van der Waals surface area contributed by atoms with Crippen molar-refractivity contribution in [2.75, 3.05) is 12.4 Å². The van der Waals surface area contributed by atoms with Crippen molar-refractivity contribution in [3.8, 4) is 11.5 Å². The van der Waals surface area contributed by atoms with E-state index in [0.29, 0.717) is 17.2 Å². The largest absolute Gasteiger partial charge is 0.497 e. The predicted molar refractivity (Wildman–Crippen MR) is 104 cm³/mol. The Balaban J connectivity index is 1.62. The minimum Gasteiger partial charge on any atom is -0.497 e. The Morgan fingerprint density at radius 1 is 1.15 bits per heavy atom. The molecule has 0 unspecified atom stereocenters. The van der Waals surface area contributed by atoms with E-state index >= 15 is 0 Å². The molecule has 0 aliphatic carbocycles. The molecule has 3 aromatic rings. The van der Waals surface area contributed by atoms with Crippen LogP contribution in [0.15, 0.2) is 77.7 Å². The molecule has 0 radical (unpaired) electrons. The molecule has 3 rings (SSSR count). The maximum Gasteiger partial charge on any atom is 0.291 e. The summed E-state index contributed by atoms with van der Waals surface area (Å²) in [5.41, 5.74) is 1.68. The van der Waals surface area contributed by atoms with Crippen LogP contribution >= 0.6 is 0 Å². The van der Waals surface area contributed by atoms with Gasteiger partial charge in [0.05, 0.1) is 7.11 Å². The molecule has 0 saturated carbocycles. The van der Waals surface area contributed by atoms with E-state index in [2.05, 4.69) is 11.9 Å². The summed E-state index contributed by atoms with van der Waals surface area (Å²) in [6, 6.07) is 18.3. The van der Waals surface area contributed by atoms with Crippen LogP contribution in [-0.2, 0) is 13.0 Å². The highest BCUT2D eigenvalue weighted by atomic mass is 16.5. The third-order valence-corrected chi connectivity index (χ3v) is 3.92. The van der Waals surface area contributed by atoms with Crippen molar-refractivity contribution in [3.63, 3.8) is 0 Å². The molecule has 1 amide bonds. The number of methoxy groups -OCH3 is 1. The van der Waals surface area contributed by atoms with Crippen molar-refractivity contribution in [3.05, 3.63) is 90.4 Å². The first kappa shape index (κ1) is 18.3. The van der Waals surface area contributed by atoms with Gasteiger partial charge in [-0.15, -0.1) is 6.58 Å².